The van der Waals surface area contributed by atoms with Crippen LogP contribution in [0.1, 0.15) is 22.3 Å². The van der Waals surface area contributed by atoms with Crippen molar-refractivity contribution in [1.29, 1.82) is 0 Å². The molecule has 4 amide bonds. The summed E-state index contributed by atoms with van der Waals surface area (Å²) in [6.07, 6.45) is 1.74. The second kappa shape index (κ2) is 8.75. The molecule has 0 radical (unpaired) electrons. The maximum Gasteiger partial charge on any atom is 0.322 e. The van der Waals surface area contributed by atoms with Gasteiger partial charge in [0, 0.05) is 37.6 Å². The van der Waals surface area contributed by atoms with Crippen LogP contribution in [0.25, 0.3) is 0 Å². The van der Waals surface area contributed by atoms with Gasteiger partial charge in [-0.3, -0.25) is 0 Å². The Morgan fingerprint density at radius 1 is 0.562 bits per heavy atom. The lowest BCUT2D eigenvalue weighted by Crippen LogP contribution is -2.39. The Bertz CT molecular complexity index is 1050. The van der Waals surface area contributed by atoms with Crippen LogP contribution in [0.4, 0.5) is 21.0 Å². The van der Waals surface area contributed by atoms with Gasteiger partial charge in [-0.05, 0) is 59.4 Å². The zero-order chi connectivity index (χ0) is 21.9. The summed E-state index contributed by atoms with van der Waals surface area (Å²) in [5, 5.41) is 5.92. The largest absolute Gasteiger partial charge is 0.322 e. The summed E-state index contributed by atoms with van der Waals surface area (Å²) in [6, 6.07) is 23.6. The topological polar surface area (TPSA) is 64.7 Å². The number of hydrogen-bond donors (Lipinski definition) is 2. The number of urea groups is 2. The molecule has 2 heterocycles. The van der Waals surface area contributed by atoms with Crippen LogP contribution >= 0.6 is 0 Å². The van der Waals surface area contributed by atoms with Gasteiger partial charge in [0.25, 0.3) is 0 Å². The summed E-state index contributed by atoms with van der Waals surface area (Å²) in [6.45, 7) is 2.65. The van der Waals surface area contributed by atoms with Crippen LogP contribution in [0.2, 0.25) is 0 Å². The van der Waals surface area contributed by atoms with Crippen molar-refractivity contribution in [3.63, 3.8) is 0 Å². The second-order valence-corrected chi connectivity index (χ2v) is 8.32. The predicted octanol–water partition coefficient (Wildman–Crippen LogP) is 4.87. The van der Waals surface area contributed by atoms with E-state index >= 15 is 0 Å². The van der Waals surface area contributed by atoms with Crippen LogP contribution in [0.3, 0.4) is 0 Å². The molecule has 6 heteroatoms. The Balaban J connectivity index is 1.16. The van der Waals surface area contributed by atoms with Crippen molar-refractivity contribution >= 4 is 23.4 Å². The highest BCUT2D eigenvalue weighted by molar-refractivity contribution is 5.92. The highest BCUT2D eigenvalue weighted by Gasteiger charge is 2.21. The number of benzene rings is 3. The number of rotatable bonds is 2. The van der Waals surface area contributed by atoms with Gasteiger partial charge >= 0.3 is 12.1 Å². The van der Waals surface area contributed by atoms with E-state index in [1.807, 2.05) is 58.3 Å². The van der Waals surface area contributed by atoms with Crippen molar-refractivity contribution < 1.29 is 9.59 Å². The normalized spacial score (nSPS) is 14.9. The molecule has 162 valence electrons. The molecule has 5 rings (SSSR count). The molecule has 0 atom stereocenters. The Morgan fingerprint density at radius 3 is 1.34 bits per heavy atom. The minimum atomic E-state index is -0.108. The Kier molecular flexibility index (Phi) is 5.50. The SMILES string of the molecule is O=C(Nc1ccc(NC(=O)N2CCc3ccccc3C2)cc1)N1CCc2ccccc2C1. The van der Waals surface area contributed by atoms with Gasteiger partial charge in [-0.1, -0.05) is 48.5 Å². The Hall–Kier alpha value is -3.80. The fourth-order valence-corrected chi connectivity index (χ4v) is 4.38. The van der Waals surface area contributed by atoms with Crippen LogP contribution in [-0.2, 0) is 25.9 Å². The molecule has 0 fully saturated rings. The van der Waals surface area contributed by atoms with Crippen LogP contribution < -0.4 is 10.6 Å². The zero-order valence-electron chi connectivity index (χ0n) is 17.9. The minimum Gasteiger partial charge on any atom is -0.320 e. The number of nitrogens with zero attached hydrogens (tertiary/aromatic N) is 2. The van der Waals surface area contributed by atoms with E-state index in [1.165, 1.54) is 22.3 Å². The molecule has 3 aromatic rings. The molecule has 2 aliphatic heterocycles. The van der Waals surface area contributed by atoms with Gasteiger partial charge in [0.1, 0.15) is 0 Å². The summed E-state index contributed by atoms with van der Waals surface area (Å²) in [5.74, 6) is 0. The first kappa shape index (κ1) is 20.1. The molecule has 3 aromatic carbocycles. The molecule has 2 N–H and O–H groups in total. The van der Waals surface area contributed by atoms with Crippen molar-refractivity contribution in [3.05, 3.63) is 95.1 Å². The molecule has 0 aromatic heterocycles. The highest BCUT2D eigenvalue weighted by Crippen LogP contribution is 2.22. The van der Waals surface area contributed by atoms with E-state index in [2.05, 4.69) is 34.9 Å². The molecule has 0 unspecified atom stereocenters. The molecule has 6 nitrogen and oxygen atoms in total. The first-order valence-corrected chi connectivity index (χ1v) is 11.0. The molecular weight excluding hydrogens is 400 g/mol. The van der Waals surface area contributed by atoms with Crippen molar-refractivity contribution in [1.82, 2.24) is 9.80 Å². The van der Waals surface area contributed by atoms with Crippen LogP contribution in [0.15, 0.2) is 72.8 Å². The van der Waals surface area contributed by atoms with Crippen LogP contribution in [0.5, 0.6) is 0 Å². The first-order chi connectivity index (χ1) is 15.7. The van der Waals surface area contributed by atoms with Crippen molar-refractivity contribution in [2.24, 2.45) is 0 Å². The summed E-state index contributed by atoms with van der Waals surface area (Å²) < 4.78 is 0. The third kappa shape index (κ3) is 4.30. The van der Waals surface area contributed by atoms with E-state index in [0.29, 0.717) is 37.6 Å². The van der Waals surface area contributed by atoms with Crippen molar-refractivity contribution in [2.45, 2.75) is 25.9 Å². The second-order valence-electron chi connectivity index (χ2n) is 8.32. The van der Waals surface area contributed by atoms with Gasteiger partial charge in [-0.2, -0.15) is 0 Å². The number of hydrogen-bond acceptors (Lipinski definition) is 2. The standard InChI is InChI=1S/C26H26N4O2/c31-25(29-15-13-19-5-1-3-7-21(19)17-29)27-23-9-11-24(12-10-23)28-26(32)30-16-14-20-6-2-4-8-22(20)18-30/h1-12H,13-18H2,(H,27,31)(H,28,32). The lowest BCUT2D eigenvalue weighted by atomic mass is 10.0. The van der Waals surface area contributed by atoms with Gasteiger partial charge in [0.15, 0.2) is 0 Å². The number of carbonyl (C=O) groups excluding carboxylic acids is 2. The van der Waals surface area contributed by atoms with E-state index < -0.39 is 0 Å². The molecule has 0 saturated carbocycles. The van der Waals surface area contributed by atoms with E-state index in [1.54, 1.807) is 0 Å². The average Bonchev–Trinajstić information content (AvgIpc) is 2.84. The molecule has 2 aliphatic rings. The molecule has 32 heavy (non-hydrogen) atoms. The fraction of sp³-hybridized carbons (Fsp3) is 0.231. The lowest BCUT2D eigenvalue weighted by molar-refractivity contribution is 0.205. The summed E-state index contributed by atoms with van der Waals surface area (Å²) in [4.78, 5) is 29.0. The third-order valence-electron chi connectivity index (χ3n) is 6.22. The number of anilines is 2. The lowest BCUT2D eigenvalue weighted by Gasteiger charge is -2.29. The van der Waals surface area contributed by atoms with E-state index in [9.17, 15) is 9.59 Å². The average molecular weight is 427 g/mol. The van der Waals surface area contributed by atoms with Crippen LogP contribution in [0, 0.1) is 0 Å². The zero-order valence-corrected chi connectivity index (χ0v) is 17.9. The van der Waals surface area contributed by atoms with Gasteiger partial charge < -0.3 is 20.4 Å². The van der Waals surface area contributed by atoms with Gasteiger partial charge in [0.2, 0.25) is 0 Å². The highest BCUT2D eigenvalue weighted by atomic mass is 16.2. The molecule has 0 bridgehead atoms. The molecule has 0 spiro atoms. The van der Waals surface area contributed by atoms with E-state index in [0.717, 1.165) is 12.8 Å². The third-order valence-corrected chi connectivity index (χ3v) is 6.22. The molecule has 0 saturated heterocycles. The monoisotopic (exact) mass is 426 g/mol. The summed E-state index contributed by atoms with van der Waals surface area (Å²) in [5.41, 5.74) is 6.44. The number of fused-ring (bicyclic) bond motifs is 2. The number of carbonyl (C=O) groups is 2. The van der Waals surface area contributed by atoms with E-state index in [4.69, 9.17) is 0 Å². The maximum atomic E-state index is 12.7. The minimum absolute atomic E-state index is 0.108. The van der Waals surface area contributed by atoms with E-state index in [-0.39, 0.29) is 12.1 Å². The predicted molar refractivity (Wildman–Crippen MR) is 126 cm³/mol. The fourth-order valence-electron chi connectivity index (χ4n) is 4.38. The van der Waals surface area contributed by atoms with Crippen LogP contribution in [-0.4, -0.2) is 35.0 Å². The Labute approximate surface area is 187 Å². The van der Waals surface area contributed by atoms with Crippen molar-refractivity contribution in [3.8, 4) is 0 Å². The van der Waals surface area contributed by atoms with Gasteiger partial charge in [-0.15, -0.1) is 0 Å². The molecular formula is C26H26N4O2. The maximum absolute atomic E-state index is 12.7. The summed E-state index contributed by atoms with van der Waals surface area (Å²) in [7, 11) is 0. The van der Waals surface area contributed by atoms with Gasteiger partial charge in [-0.25, -0.2) is 9.59 Å². The Morgan fingerprint density at radius 2 is 0.938 bits per heavy atom. The number of nitrogens with one attached hydrogen (secondary N) is 2. The van der Waals surface area contributed by atoms with Gasteiger partial charge in [0.05, 0.1) is 0 Å². The smallest absolute Gasteiger partial charge is 0.320 e. The van der Waals surface area contributed by atoms with Crippen molar-refractivity contribution in [2.75, 3.05) is 23.7 Å². The first-order valence-electron chi connectivity index (χ1n) is 11.0. The molecule has 0 aliphatic carbocycles. The number of amides is 4. The summed E-state index contributed by atoms with van der Waals surface area (Å²) >= 11 is 0. The quantitative estimate of drug-likeness (QED) is 0.614.